The largest absolute Gasteiger partial charge is 0.308 e. The van der Waals surface area contributed by atoms with Crippen LogP contribution in [-0.4, -0.2) is 16.6 Å². The van der Waals surface area contributed by atoms with E-state index in [-0.39, 0.29) is 5.91 Å². The molecule has 3 aromatic rings. The first-order valence-corrected chi connectivity index (χ1v) is 8.93. The fourth-order valence-electron chi connectivity index (χ4n) is 2.42. The molecule has 0 spiro atoms. The molecule has 4 rings (SSSR count). The minimum Gasteiger partial charge on any atom is -0.308 e. The molecule has 0 radical (unpaired) electrons. The van der Waals surface area contributed by atoms with Gasteiger partial charge in [-0.2, -0.15) is 0 Å². The number of nitrogens with zero attached hydrogens (tertiary/aromatic N) is 2. The molecule has 0 fully saturated rings. The molecule has 0 saturated carbocycles. The van der Waals surface area contributed by atoms with Gasteiger partial charge in [-0.3, -0.25) is 9.79 Å². The number of amides is 1. The molecule has 1 atom stereocenters. The molecular weight excluding hydrogens is 350 g/mol. The topological polar surface area (TPSA) is 54.4 Å². The van der Waals surface area contributed by atoms with Crippen LogP contribution in [0.3, 0.4) is 0 Å². The lowest BCUT2D eigenvalue weighted by Gasteiger charge is -2.08. The maximum Gasteiger partial charge on any atom is 0.255 e. The van der Waals surface area contributed by atoms with Crippen molar-refractivity contribution in [2.75, 3.05) is 5.32 Å². The Kier molecular flexibility index (Phi) is 3.72. The number of hydrogen-bond donors (Lipinski definition) is 1. The summed E-state index contributed by atoms with van der Waals surface area (Å²) in [5, 5.41) is 4.87. The number of carbonyl (C=O) groups is 1. The first-order valence-electron chi connectivity index (χ1n) is 6.85. The van der Waals surface area contributed by atoms with Crippen LogP contribution < -0.4 is 5.32 Å². The number of hydrogen-bond acceptors (Lipinski definition) is 5. The van der Waals surface area contributed by atoms with Gasteiger partial charge in [0.05, 0.1) is 14.9 Å². The molecule has 1 N–H and O–H groups in total. The van der Waals surface area contributed by atoms with Crippen LogP contribution in [0.25, 0.3) is 0 Å². The molecule has 0 bridgehead atoms. The van der Waals surface area contributed by atoms with Gasteiger partial charge in [0.15, 0.2) is 6.04 Å². The lowest BCUT2D eigenvalue weighted by atomic mass is 10.1. The maximum absolute atomic E-state index is 12.6. The lowest BCUT2D eigenvalue weighted by Crippen LogP contribution is -2.18. The van der Waals surface area contributed by atoms with Gasteiger partial charge in [-0.15, -0.1) is 22.7 Å². The van der Waals surface area contributed by atoms with E-state index in [1.165, 1.54) is 11.3 Å². The van der Waals surface area contributed by atoms with Crippen LogP contribution in [0.1, 0.15) is 21.4 Å². The number of thiophene rings is 2. The first kappa shape index (κ1) is 14.6. The Morgan fingerprint density at radius 2 is 2.09 bits per heavy atom. The van der Waals surface area contributed by atoms with Gasteiger partial charge < -0.3 is 5.32 Å². The van der Waals surface area contributed by atoms with Gasteiger partial charge >= 0.3 is 0 Å². The van der Waals surface area contributed by atoms with Crippen molar-refractivity contribution in [2.45, 2.75) is 6.04 Å². The monoisotopic (exact) mass is 359 g/mol. The van der Waals surface area contributed by atoms with Crippen LogP contribution in [0.4, 0.5) is 5.82 Å². The van der Waals surface area contributed by atoms with Crippen molar-refractivity contribution in [1.82, 2.24) is 4.98 Å². The van der Waals surface area contributed by atoms with Gasteiger partial charge in [-0.25, -0.2) is 4.98 Å². The zero-order valence-corrected chi connectivity index (χ0v) is 14.1. The van der Waals surface area contributed by atoms with E-state index in [1.54, 1.807) is 23.6 Å². The summed E-state index contributed by atoms with van der Waals surface area (Å²) in [6, 6.07) is 10.7. The number of fused-ring (bicyclic) bond motifs is 1. The summed E-state index contributed by atoms with van der Waals surface area (Å²) in [6.45, 7) is 0. The van der Waals surface area contributed by atoms with Crippen LogP contribution in [0, 0.1) is 0 Å². The van der Waals surface area contributed by atoms with Crippen molar-refractivity contribution < 1.29 is 4.79 Å². The molecule has 7 heteroatoms. The lowest BCUT2D eigenvalue weighted by molar-refractivity contribution is -0.117. The number of carbonyl (C=O) groups excluding carboxylic acids is 1. The second-order valence-electron chi connectivity index (χ2n) is 4.89. The smallest absolute Gasteiger partial charge is 0.255 e. The second kappa shape index (κ2) is 5.88. The summed E-state index contributed by atoms with van der Waals surface area (Å²) in [6.07, 6.45) is 1.66. The number of anilines is 1. The molecule has 0 aliphatic carbocycles. The first-order chi connectivity index (χ1) is 11.2. The van der Waals surface area contributed by atoms with E-state index in [2.05, 4.69) is 10.3 Å². The minimum absolute atomic E-state index is 0.199. The molecule has 23 heavy (non-hydrogen) atoms. The van der Waals surface area contributed by atoms with Crippen molar-refractivity contribution in [2.24, 2.45) is 4.99 Å². The van der Waals surface area contributed by atoms with Crippen LogP contribution >= 0.6 is 34.3 Å². The number of aromatic nitrogens is 1. The van der Waals surface area contributed by atoms with Gasteiger partial charge in [-0.05, 0) is 35.7 Å². The van der Waals surface area contributed by atoms with E-state index >= 15 is 0 Å². The third-order valence-electron chi connectivity index (χ3n) is 3.43. The van der Waals surface area contributed by atoms with Gasteiger partial charge in [-0.1, -0.05) is 17.7 Å². The van der Waals surface area contributed by atoms with Gasteiger partial charge in [0.2, 0.25) is 0 Å². The molecule has 1 amide bonds. The van der Waals surface area contributed by atoms with Crippen LogP contribution in [0.15, 0.2) is 53.0 Å². The number of halogens is 1. The predicted molar refractivity (Wildman–Crippen MR) is 94.9 cm³/mol. The average Bonchev–Trinajstić information content (AvgIpc) is 3.18. The number of aliphatic imine (C=N–C) groups is 1. The highest BCUT2D eigenvalue weighted by Gasteiger charge is 2.29. The summed E-state index contributed by atoms with van der Waals surface area (Å²) in [7, 11) is 0. The van der Waals surface area contributed by atoms with Crippen molar-refractivity contribution in [3.05, 3.63) is 67.6 Å². The van der Waals surface area contributed by atoms with Crippen LogP contribution in [-0.2, 0) is 4.79 Å². The van der Waals surface area contributed by atoms with E-state index in [4.69, 9.17) is 16.6 Å². The van der Waals surface area contributed by atoms with Crippen molar-refractivity contribution in [3.8, 4) is 0 Å². The Morgan fingerprint density at radius 3 is 2.83 bits per heavy atom. The standard InChI is InChI=1S/C16H10ClN3OS2/c17-12-6-5-11(23-12)14-16(21)20-15-9(3-1-7-18-15)13(19-14)10-4-2-8-22-10/h1-8,14H,(H,18,20,21). The molecule has 3 aromatic heterocycles. The van der Waals surface area contributed by atoms with E-state index < -0.39 is 6.04 Å². The minimum atomic E-state index is -0.626. The van der Waals surface area contributed by atoms with Crippen molar-refractivity contribution in [1.29, 1.82) is 0 Å². The Balaban J connectivity index is 1.91. The Hall–Kier alpha value is -2.02. The highest BCUT2D eigenvalue weighted by molar-refractivity contribution is 7.16. The maximum atomic E-state index is 12.6. The van der Waals surface area contributed by atoms with E-state index in [0.717, 1.165) is 21.0 Å². The summed E-state index contributed by atoms with van der Waals surface area (Å²) in [5.74, 6) is 0.338. The van der Waals surface area contributed by atoms with E-state index in [9.17, 15) is 4.79 Å². The Bertz CT molecular complexity index is 902. The molecular formula is C16H10ClN3OS2. The molecule has 0 aromatic carbocycles. The quantitative estimate of drug-likeness (QED) is 0.737. The highest BCUT2D eigenvalue weighted by Crippen LogP contribution is 2.34. The molecule has 1 unspecified atom stereocenters. The van der Waals surface area contributed by atoms with Crippen LogP contribution in [0.5, 0.6) is 0 Å². The zero-order valence-electron chi connectivity index (χ0n) is 11.7. The molecule has 4 nitrogen and oxygen atoms in total. The van der Waals surface area contributed by atoms with Gasteiger partial charge in [0, 0.05) is 16.6 Å². The summed E-state index contributed by atoms with van der Waals surface area (Å²) >= 11 is 8.97. The van der Waals surface area contributed by atoms with Crippen molar-refractivity contribution in [3.63, 3.8) is 0 Å². The Morgan fingerprint density at radius 1 is 1.17 bits per heavy atom. The fourth-order valence-corrected chi connectivity index (χ4v) is 4.25. The third-order valence-corrected chi connectivity index (χ3v) is 5.59. The van der Waals surface area contributed by atoms with Gasteiger partial charge in [0.1, 0.15) is 5.82 Å². The zero-order chi connectivity index (χ0) is 15.8. The number of pyridine rings is 1. The summed E-state index contributed by atoms with van der Waals surface area (Å²) < 4.78 is 0.639. The van der Waals surface area contributed by atoms with E-state index in [1.807, 2.05) is 35.7 Å². The SMILES string of the molecule is O=C1Nc2ncccc2C(c2cccs2)=NC1c1ccc(Cl)s1. The third kappa shape index (κ3) is 2.69. The molecule has 114 valence electrons. The predicted octanol–water partition coefficient (Wildman–Crippen LogP) is 4.39. The number of rotatable bonds is 2. The number of nitrogens with one attached hydrogen (secondary N) is 1. The second-order valence-corrected chi connectivity index (χ2v) is 7.58. The molecule has 1 aliphatic heterocycles. The fraction of sp³-hybridized carbons (Fsp3) is 0.0625. The van der Waals surface area contributed by atoms with Crippen molar-refractivity contribution >= 4 is 51.7 Å². The molecule has 4 heterocycles. The highest BCUT2D eigenvalue weighted by atomic mass is 35.5. The molecule has 1 aliphatic rings. The van der Waals surface area contributed by atoms with Gasteiger partial charge in [0.25, 0.3) is 5.91 Å². The molecule has 0 saturated heterocycles. The summed E-state index contributed by atoms with van der Waals surface area (Å²) in [5.41, 5.74) is 1.60. The van der Waals surface area contributed by atoms with E-state index in [0.29, 0.717) is 10.2 Å². The summed E-state index contributed by atoms with van der Waals surface area (Å²) in [4.78, 5) is 23.5. The van der Waals surface area contributed by atoms with Crippen LogP contribution in [0.2, 0.25) is 4.34 Å². The Labute approximate surface area is 145 Å². The normalized spacial score (nSPS) is 17.2. The average molecular weight is 360 g/mol.